The standard InChI is InChI=1S/C10H12O/c1-2-3-5-9-6-4-7-10(9)8-11/h2-6,8-10H,1,7H2/b5-3-/t9-,10-/m1/s1. The monoisotopic (exact) mass is 148 g/mol. The van der Waals surface area contributed by atoms with Gasteiger partial charge in [0, 0.05) is 11.8 Å². The van der Waals surface area contributed by atoms with E-state index in [0.717, 1.165) is 12.7 Å². The Kier molecular flexibility index (Phi) is 2.84. The molecule has 0 radical (unpaired) electrons. The van der Waals surface area contributed by atoms with Crippen LogP contribution >= 0.6 is 0 Å². The maximum Gasteiger partial charge on any atom is 0.124 e. The van der Waals surface area contributed by atoms with Crippen molar-refractivity contribution in [3.05, 3.63) is 37.0 Å². The molecule has 0 fully saturated rings. The first-order valence-electron chi connectivity index (χ1n) is 3.79. The van der Waals surface area contributed by atoms with Crippen molar-refractivity contribution in [2.45, 2.75) is 6.42 Å². The number of carbonyl (C=O) groups excluding carboxylic acids is 1. The van der Waals surface area contributed by atoms with Crippen LogP contribution in [0, 0.1) is 11.8 Å². The molecular formula is C10H12O. The highest BCUT2D eigenvalue weighted by atomic mass is 16.1. The summed E-state index contributed by atoms with van der Waals surface area (Å²) in [4.78, 5) is 10.5. The van der Waals surface area contributed by atoms with Gasteiger partial charge in [-0.25, -0.2) is 0 Å². The lowest BCUT2D eigenvalue weighted by Crippen LogP contribution is -2.05. The molecule has 1 heteroatoms. The molecule has 11 heavy (non-hydrogen) atoms. The van der Waals surface area contributed by atoms with Crippen molar-refractivity contribution in [3.63, 3.8) is 0 Å². The van der Waals surface area contributed by atoms with Crippen molar-refractivity contribution in [2.24, 2.45) is 11.8 Å². The van der Waals surface area contributed by atoms with Crippen molar-refractivity contribution < 1.29 is 4.79 Å². The maximum absolute atomic E-state index is 10.5. The first kappa shape index (κ1) is 7.99. The molecule has 0 spiro atoms. The number of rotatable bonds is 3. The molecule has 2 atom stereocenters. The minimum absolute atomic E-state index is 0.159. The van der Waals surface area contributed by atoms with E-state index < -0.39 is 0 Å². The Morgan fingerprint density at radius 1 is 1.55 bits per heavy atom. The van der Waals surface area contributed by atoms with E-state index in [1.165, 1.54) is 0 Å². The van der Waals surface area contributed by atoms with Crippen LogP contribution < -0.4 is 0 Å². The zero-order chi connectivity index (χ0) is 8.10. The summed E-state index contributed by atoms with van der Waals surface area (Å²) in [5.74, 6) is 0.455. The predicted molar refractivity (Wildman–Crippen MR) is 46.1 cm³/mol. The van der Waals surface area contributed by atoms with E-state index in [2.05, 4.69) is 18.7 Å². The third-order valence-corrected chi connectivity index (χ3v) is 1.91. The van der Waals surface area contributed by atoms with Gasteiger partial charge in [0.15, 0.2) is 0 Å². The summed E-state index contributed by atoms with van der Waals surface area (Å²) < 4.78 is 0. The predicted octanol–water partition coefficient (Wildman–Crippen LogP) is 2.12. The van der Waals surface area contributed by atoms with Crippen LogP contribution in [0.5, 0.6) is 0 Å². The molecule has 0 saturated heterocycles. The Labute approximate surface area is 67.1 Å². The molecule has 0 unspecified atom stereocenters. The molecule has 0 N–H and O–H groups in total. The third kappa shape index (κ3) is 1.90. The quantitative estimate of drug-likeness (QED) is 0.340. The van der Waals surface area contributed by atoms with Gasteiger partial charge < -0.3 is 4.79 Å². The highest BCUT2D eigenvalue weighted by molar-refractivity contribution is 5.57. The molecule has 0 amide bonds. The van der Waals surface area contributed by atoms with Gasteiger partial charge >= 0.3 is 0 Å². The minimum atomic E-state index is 0.159. The normalized spacial score (nSPS) is 29.5. The van der Waals surface area contributed by atoms with E-state index in [-0.39, 0.29) is 5.92 Å². The number of aldehydes is 1. The van der Waals surface area contributed by atoms with Crippen LogP contribution in [0.1, 0.15) is 6.42 Å². The van der Waals surface area contributed by atoms with E-state index in [0.29, 0.717) is 5.92 Å². The molecule has 0 bridgehead atoms. The molecule has 1 aliphatic carbocycles. The van der Waals surface area contributed by atoms with Crippen molar-refractivity contribution in [2.75, 3.05) is 0 Å². The summed E-state index contributed by atoms with van der Waals surface area (Å²) in [5, 5.41) is 0. The van der Waals surface area contributed by atoms with Gasteiger partial charge in [-0.1, -0.05) is 37.0 Å². The SMILES string of the molecule is C=C/C=C\[C@@H]1C=CC[C@@H]1C=O. The van der Waals surface area contributed by atoms with Crippen molar-refractivity contribution in [1.82, 2.24) is 0 Å². The molecule has 58 valence electrons. The Morgan fingerprint density at radius 2 is 2.36 bits per heavy atom. The number of hydrogen-bond donors (Lipinski definition) is 0. The number of hydrogen-bond acceptors (Lipinski definition) is 1. The zero-order valence-corrected chi connectivity index (χ0v) is 6.44. The van der Waals surface area contributed by atoms with Crippen molar-refractivity contribution in [1.29, 1.82) is 0 Å². The topological polar surface area (TPSA) is 17.1 Å². The van der Waals surface area contributed by atoms with Crippen LogP contribution in [0.25, 0.3) is 0 Å². The zero-order valence-electron chi connectivity index (χ0n) is 6.44. The second-order valence-corrected chi connectivity index (χ2v) is 2.66. The van der Waals surface area contributed by atoms with Crippen LogP contribution in [0.2, 0.25) is 0 Å². The van der Waals surface area contributed by atoms with Gasteiger partial charge in [-0.15, -0.1) is 0 Å². The Hall–Kier alpha value is -1.11. The second-order valence-electron chi connectivity index (χ2n) is 2.66. The van der Waals surface area contributed by atoms with E-state index in [1.54, 1.807) is 6.08 Å². The number of allylic oxidation sites excluding steroid dienone is 5. The van der Waals surface area contributed by atoms with Crippen LogP contribution in [-0.2, 0) is 4.79 Å². The van der Waals surface area contributed by atoms with Gasteiger partial charge in [0.05, 0.1) is 0 Å². The molecule has 0 aromatic carbocycles. The second kappa shape index (κ2) is 3.91. The van der Waals surface area contributed by atoms with E-state index in [9.17, 15) is 4.79 Å². The van der Waals surface area contributed by atoms with Crippen LogP contribution in [-0.4, -0.2) is 6.29 Å². The summed E-state index contributed by atoms with van der Waals surface area (Å²) >= 11 is 0. The van der Waals surface area contributed by atoms with Crippen LogP contribution in [0.4, 0.5) is 0 Å². The average molecular weight is 148 g/mol. The molecular weight excluding hydrogens is 136 g/mol. The summed E-state index contributed by atoms with van der Waals surface area (Å²) in [6, 6.07) is 0. The maximum atomic E-state index is 10.5. The lowest BCUT2D eigenvalue weighted by molar-refractivity contribution is -0.111. The molecule has 1 nitrogen and oxygen atoms in total. The fourth-order valence-electron chi connectivity index (χ4n) is 1.25. The molecule has 0 aromatic rings. The first-order valence-corrected chi connectivity index (χ1v) is 3.79. The summed E-state index contributed by atoms with van der Waals surface area (Å²) in [6.07, 6.45) is 11.7. The smallest absolute Gasteiger partial charge is 0.124 e. The van der Waals surface area contributed by atoms with Crippen LogP contribution in [0.3, 0.4) is 0 Å². The summed E-state index contributed by atoms with van der Waals surface area (Å²) in [5.41, 5.74) is 0. The van der Waals surface area contributed by atoms with Gasteiger partial charge in [-0.3, -0.25) is 0 Å². The van der Waals surface area contributed by atoms with Gasteiger partial charge in [-0.2, -0.15) is 0 Å². The first-order chi connectivity index (χ1) is 5.38. The molecule has 0 saturated carbocycles. The van der Waals surface area contributed by atoms with E-state index >= 15 is 0 Å². The molecule has 0 aliphatic heterocycles. The fraction of sp³-hybridized carbons (Fsp3) is 0.300. The lowest BCUT2D eigenvalue weighted by atomic mass is 9.97. The summed E-state index contributed by atoms with van der Waals surface area (Å²) in [7, 11) is 0. The van der Waals surface area contributed by atoms with Crippen molar-refractivity contribution >= 4 is 6.29 Å². The Morgan fingerprint density at radius 3 is 3.00 bits per heavy atom. The van der Waals surface area contributed by atoms with Gasteiger partial charge in [0.1, 0.15) is 6.29 Å². The largest absolute Gasteiger partial charge is 0.303 e. The molecule has 1 aliphatic rings. The Bertz CT molecular complexity index is 201. The third-order valence-electron chi connectivity index (χ3n) is 1.91. The minimum Gasteiger partial charge on any atom is -0.303 e. The van der Waals surface area contributed by atoms with Crippen LogP contribution in [0.15, 0.2) is 37.0 Å². The highest BCUT2D eigenvalue weighted by Gasteiger charge is 2.18. The van der Waals surface area contributed by atoms with Gasteiger partial charge in [-0.05, 0) is 6.42 Å². The average Bonchev–Trinajstić information content (AvgIpc) is 2.47. The van der Waals surface area contributed by atoms with Crippen molar-refractivity contribution in [3.8, 4) is 0 Å². The van der Waals surface area contributed by atoms with Gasteiger partial charge in [0.25, 0.3) is 0 Å². The fourth-order valence-corrected chi connectivity index (χ4v) is 1.25. The number of carbonyl (C=O) groups is 1. The van der Waals surface area contributed by atoms with E-state index in [4.69, 9.17) is 0 Å². The molecule has 1 rings (SSSR count). The Balaban J connectivity index is 2.55. The van der Waals surface area contributed by atoms with E-state index in [1.807, 2.05) is 12.2 Å². The summed E-state index contributed by atoms with van der Waals surface area (Å²) in [6.45, 7) is 3.57. The molecule has 0 aromatic heterocycles. The lowest BCUT2D eigenvalue weighted by Gasteiger charge is -2.06. The van der Waals surface area contributed by atoms with Gasteiger partial charge in [0.2, 0.25) is 0 Å². The highest BCUT2D eigenvalue weighted by Crippen LogP contribution is 2.24. The molecule has 0 heterocycles.